The first-order chi connectivity index (χ1) is 21.7. The predicted molar refractivity (Wildman–Crippen MR) is 154 cm³/mol. The van der Waals surface area contributed by atoms with Crippen molar-refractivity contribution in [1.82, 2.24) is 0 Å². The fourth-order valence-electron chi connectivity index (χ4n) is 7.53. The largest absolute Gasteiger partial charge is 0.426 e. The van der Waals surface area contributed by atoms with Gasteiger partial charge in [-0.3, -0.25) is 0 Å². The zero-order valence-electron chi connectivity index (χ0n) is 30.4. The van der Waals surface area contributed by atoms with Gasteiger partial charge in [0, 0.05) is 21.6 Å². The van der Waals surface area contributed by atoms with E-state index in [2.05, 4.69) is 13.5 Å². The van der Waals surface area contributed by atoms with Crippen LogP contribution in [0.25, 0.3) is 0 Å². The molecule has 4 N–H and O–H groups in total. The third-order valence-electron chi connectivity index (χ3n) is 9.88. The van der Waals surface area contributed by atoms with E-state index in [1.165, 1.54) is 0 Å². The minimum Gasteiger partial charge on any atom is -0.393 e. The second-order valence-electron chi connectivity index (χ2n) is 13.0. The highest BCUT2D eigenvalue weighted by Crippen LogP contribution is 2.60. The number of alkyl halides is 5. The van der Waals surface area contributed by atoms with Gasteiger partial charge in [-0.15, -0.1) is 0 Å². The molecule has 1 unspecified atom stereocenters. The van der Waals surface area contributed by atoms with Crippen LogP contribution in [0.1, 0.15) is 106 Å². The maximum absolute atomic E-state index is 14.0. The summed E-state index contributed by atoms with van der Waals surface area (Å²) in [6, 6.07) is 0. The van der Waals surface area contributed by atoms with Crippen LogP contribution in [0.15, 0.2) is 47.6 Å². The molecule has 0 bridgehead atoms. The Morgan fingerprint density at radius 1 is 1.12 bits per heavy atom. The minimum atomic E-state index is -5.68. The van der Waals surface area contributed by atoms with Crippen LogP contribution in [0.4, 0.5) is 22.0 Å². The molecule has 0 aliphatic heterocycles. The summed E-state index contributed by atoms with van der Waals surface area (Å²) < 4.78 is 115. The molecular formula is C33H49F5O4. The topological polar surface area (TPSA) is 80.9 Å². The van der Waals surface area contributed by atoms with Crippen LogP contribution in [0.5, 0.6) is 0 Å². The van der Waals surface area contributed by atoms with E-state index in [9.17, 15) is 42.4 Å². The molecule has 3 aliphatic rings. The van der Waals surface area contributed by atoms with Crippen LogP contribution in [-0.4, -0.2) is 55.9 Å². The summed E-state index contributed by atoms with van der Waals surface area (Å²) in [4.78, 5) is 0. The number of fused-ring (bicyclic) bond motifs is 1. The molecule has 0 spiro atoms. The molecule has 0 aromatic rings. The quantitative estimate of drug-likeness (QED) is 0.152. The molecule has 0 radical (unpaired) electrons. The van der Waals surface area contributed by atoms with Crippen molar-refractivity contribution >= 4 is 0 Å². The maximum Gasteiger partial charge on any atom is 0.426 e. The molecule has 0 aromatic heterocycles. The first-order valence-electron chi connectivity index (χ1n) is 17.7. The number of hydrogen-bond acceptors (Lipinski definition) is 4. The third-order valence-corrected chi connectivity index (χ3v) is 9.88. The average molecular weight is 611 g/mol. The Bertz CT molecular complexity index is 1220. The van der Waals surface area contributed by atoms with Crippen molar-refractivity contribution in [2.75, 3.05) is 0 Å². The van der Waals surface area contributed by atoms with Crippen molar-refractivity contribution in [2.24, 2.45) is 23.2 Å². The van der Waals surface area contributed by atoms with Crippen LogP contribution in [0, 0.1) is 23.2 Å². The molecule has 3 fully saturated rings. The highest BCUT2D eigenvalue weighted by Gasteiger charge is 2.65. The van der Waals surface area contributed by atoms with E-state index in [1.54, 1.807) is 0 Å². The Hall–Kier alpha value is -1.55. The van der Waals surface area contributed by atoms with E-state index in [-0.39, 0.29) is 50.5 Å². The smallest absolute Gasteiger partial charge is 0.393 e. The van der Waals surface area contributed by atoms with Gasteiger partial charge in [-0.1, -0.05) is 43.7 Å². The molecule has 4 nitrogen and oxygen atoms in total. The van der Waals surface area contributed by atoms with E-state index in [0.29, 0.717) is 24.8 Å². The highest BCUT2D eigenvalue weighted by atomic mass is 19.4. The third kappa shape index (κ3) is 7.74. The van der Waals surface area contributed by atoms with Gasteiger partial charge in [0.15, 0.2) is 0 Å². The second kappa shape index (κ2) is 12.8. The van der Waals surface area contributed by atoms with Gasteiger partial charge in [-0.2, -0.15) is 13.2 Å². The molecule has 3 saturated carbocycles. The van der Waals surface area contributed by atoms with Crippen LogP contribution in [-0.2, 0) is 0 Å². The van der Waals surface area contributed by atoms with Crippen molar-refractivity contribution in [3.63, 3.8) is 0 Å². The fraction of sp³-hybridized carbons (Fsp3) is 0.758. The molecule has 3 rings (SSSR count). The predicted octanol–water partition coefficient (Wildman–Crippen LogP) is 7.58. The molecule has 0 amide bonds. The summed E-state index contributed by atoms with van der Waals surface area (Å²) in [6.07, 6.45) is 0.856. The van der Waals surface area contributed by atoms with Crippen molar-refractivity contribution in [3.8, 4) is 0 Å². The highest BCUT2D eigenvalue weighted by molar-refractivity contribution is 5.38. The van der Waals surface area contributed by atoms with Gasteiger partial charge in [-0.25, -0.2) is 8.78 Å². The number of aliphatic hydroxyl groups is 4. The fourth-order valence-corrected chi connectivity index (χ4v) is 7.53. The molecular weight excluding hydrogens is 555 g/mol. The molecule has 9 heteroatoms. The molecule has 7 atom stereocenters. The van der Waals surface area contributed by atoms with Gasteiger partial charge in [-0.05, 0) is 112 Å². The lowest BCUT2D eigenvalue weighted by atomic mass is 9.60. The molecule has 0 aromatic carbocycles. The lowest BCUT2D eigenvalue weighted by molar-refractivity contribution is -0.305. The standard InChI is InChI=1S/C33H49F5O4/c1-21-24(19-25(39)20-28(21)40)13-12-23-10-7-17-30(4)26(14-15-27(23)30)22(9-6-16-29(2,3)41)11-8-18-32(42,31(5,34)35)33(36,37)38/h8,12-13,18,22,25-28,39-42H,1,6-7,9-11,14-17,19-20H2,2-5H3/b18-8+,23-12+,24-13-/t22-,25+,26+,27-,28-,30+,32?/m0/s1/i2D3,3D3. The number of aliphatic hydroxyl groups excluding tert-OH is 2. The van der Waals surface area contributed by atoms with Gasteiger partial charge in [0.2, 0.25) is 5.60 Å². The zero-order chi connectivity index (χ0) is 36.7. The van der Waals surface area contributed by atoms with Crippen LogP contribution in [0.3, 0.4) is 0 Å². The van der Waals surface area contributed by atoms with E-state index >= 15 is 0 Å². The van der Waals surface area contributed by atoms with Crippen molar-refractivity contribution in [2.45, 2.75) is 134 Å². The summed E-state index contributed by atoms with van der Waals surface area (Å²) in [5.41, 5.74) is -5.46. The van der Waals surface area contributed by atoms with Gasteiger partial charge < -0.3 is 20.4 Å². The number of allylic oxidation sites excluding steroid dienone is 4. The SMILES string of the molecule is [2H]C([2H])([2H])C(O)(CCC[C@@H](C/C=C/C(O)(C(C)(F)F)C(F)(F)F)[C@H]1CC[C@H]2/C(=C/C=C3/C[C@@H](O)C[C@H](O)C3=C)CCC[C@]12C)C([2H])([2H])[2H]. The monoisotopic (exact) mass is 610 g/mol. The number of halogens is 5. The van der Waals surface area contributed by atoms with Crippen molar-refractivity contribution in [1.29, 1.82) is 0 Å². The Morgan fingerprint density at radius 3 is 2.43 bits per heavy atom. The van der Waals surface area contributed by atoms with Gasteiger partial charge >= 0.3 is 6.18 Å². The number of rotatable bonds is 10. The normalized spacial score (nSPS) is 36.5. The van der Waals surface area contributed by atoms with Crippen molar-refractivity contribution < 1.29 is 50.6 Å². The lowest BCUT2D eigenvalue weighted by Gasteiger charge is -2.45. The van der Waals surface area contributed by atoms with Gasteiger partial charge in [0.25, 0.3) is 5.92 Å². The summed E-state index contributed by atoms with van der Waals surface area (Å²) >= 11 is 0. The van der Waals surface area contributed by atoms with Crippen LogP contribution >= 0.6 is 0 Å². The minimum absolute atomic E-state index is 0.0232. The molecule has 0 saturated heterocycles. The van der Waals surface area contributed by atoms with Crippen LogP contribution < -0.4 is 0 Å². The first-order valence-corrected chi connectivity index (χ1v) is 14.7. The summed E-state index contributed by atoms with van der Waals surface area (Å²) in [5.74, 6) is -5.21. The number of hydrogen-bond donors (Lipinski definition) is 4. The van der Waals surface area contributed by atoms with Gasteiger partial charge in [0.05, 0.1) is 17.8 Å². The van der Waals surface area contributed by atoms with Crippen LogP contribution in [0.2, 0.25) is 0 Å². The Labute approximate surface area is 255 Å². The molecule has 240 valence electrons. The zero-order valence-corrected chi connectivity index (χ0v) is 24.4. The molecule has 3 aliphatic carbocycles. The second-order valence-corrected chi connectivity index (χ2v) is 13.0. The van der Waals surface area contributed by atoms with Gasteiger partial charge in [0.1, 0.15) is 0 Å². The molecule has 42 heavy (non-hydrogen) atoms. The molecule has 0 heterocycles. The lowest BCUT2D eigenvalue weighted by Crippen LogP contribution is -2.56. The Kier molecular flexibility index (Phi) is 8.19. The summed E-state index contributed by atoms with van der Waals surface area (Å²) in [7, 11) is 0. The van der Waals surface area contributed by atoms with E-state index in [1.807, 2.05) is 12.2 Å². The average Bonchev–Trinajstić information content (AvgIpc) is 3.28. The maximum atomic E-state index is 14.0. The summed E-state index contributed by atoms with van der Waals surface area (Å²) in [6.45, 7) is -0.505. The van der Waals surface area contributed by atoms with E-state index in [0.717, 1.165) is 36.5 Å². The van der Waals surface area contributed by atoms with Crippen molar-refractivity contribution in [3.05, 3.63) is 47.6 Å². The Morgan fingerprint density at radius 2 is 1.81 bits per heavy atom. The van der Waals surface area contributed by atoms with E-state index < -0.39 is 67.0 Å². The van der Waals surface area contributed by atoms with E-state index in [4.69, 9.17) is 8.22 Å². The Balaban J connectivity index is 1.95. The summed E-state index contributed by atoms with van der Waals surface area (Å²) in [5, 5.41) is 41.2. The first kappa shape index (κ1) is 26.8.